The maximum Gasteiger partial charge on any atom is 0.236 e. The van der Waals surface area contributed by atoms with Crippen LogP contribution < -0.4 is 11.1 Å². The van der Waals surface area contributed by atoms with Crippen LogP contribution in [0.15, 0.2) is 0 Å². The molecule has 0 saturated heterocycles. The minimum absolute atomic E-state index is 0.0616. The van der Waals surface area contributed by atoms with E-state index in [0.717, 1.165) is 19.4 Å². The lowest BCUT2D eigenvalue weighted by Crippen LogP contribution is -2.38. The summed E-state index contributed by atoms with van der Waals surface area (Å²) < 4.78 is 0. The number of nitrogens with two attached hydrogens (primary N) is 1. The molecule has 0 bridgehead atoms. The van der Waals surface area contributed by atoms with Gasteiger partial charge in [0.25, 0.3) is 0 Å². The van der Waals surface area contributed by atoms with Crippen LogP contribution in [0.1, 0.15) is 26.7 Å². The Morgan fingerprint density at radius 3 is 2.70 bits per heavy atom. The number of hydrogen-bond acceptors (Lipinski definition) is 2. The molecule has 0 radical (unpaired) electrons. The van der Waals surface area contributed by atoms with Gasteiger partial charge in [0.2, 0.25) is 5.91 Å². The normalized spacial score (nSPS) is 12.7. The van der Waals surface area contributed by atoms with Crippen molar-refractivity contribution in [2.75, 3.05) is 6.54 Å². The summed E-state index contributed by atoms with van der Waals surface area (Å²) in [5, 5.41) is 2.72. The first-order chi connectivity index (χ1) is 4.68. The Hall–Kier alpha value is -0.570. The Morgan fingerprint density at radius 2 is 2.30 bits per heavy atom. The number of amides is 1. The van der Waals surface area contributed by atoms with Gasteiger partial charge in [0.05, 0.1) is 6.04 Å². The van der Waals surface area contributed by atoms with Crippen LogP contribution in [-0.2, 0) is 4.79 Å². The topological polar surface area (TPSA) is 55.1 Å². The van der Waals surface area contributed by atoms with E-state index in [0.29, 0.717) is 0 Å². The summed E-state index contributed by atoms with van der Waals surface area (Å²) in [7, 11) is 0. The number of nitrogens with one attached hydrogen (secondary N) is 1. The lowest BCUT2D eigenvalue weighted by Gasteiger charge is -2.05. The Bertz CT molecular complexity index is 102. The first-order valence-corrected chi connectivity index (χ1v) is 3.71. The highest BCUT2D eigenvalue weighted by atomic mass is 18.1. The number of carbonyl (C=O) groups excluding carboxylic acids is 1. The molecular weight excluding hydrogens is 130 g/mol. The molecule has 0 rings (SSSR count). The van der Waals surface area contributed by atoms with Crippen molar-refractivity contribution < 1.29 is 4.79 Å². The lowest BCUT2D eigenvalue weighted by atomic mass is 10.3. The standard InChI is InChI=1S/C7H16N2O/c1-3-4-5-9-7(10)6(2)8/h6H,3-5,8H2,1-2H3,(H,9,10)/t6-/m0/s1/i10+2. The Balaban J connectivity index is 3.22. The number of hydrogen-bond donors (Lipinski definition) is 2. The zero-order valence-electron chi connectivity index (χ0n) is 6.68. The van der Waals surface area contributed by atoms with E-state index in [9.17, 15) is 4.79 Å². The van der Waals surface area contributed by atoms with Gasteiger partial charge in [-0.3, -0.25) is 4.79 Å². The second-order valence-corrected chi connectivity index (χ2v) is 2.43. The van der Waals surface area contributed by atoms with Crippen molar-refractivity contribution >= 4 is 5.91 Å². The second-order valence-electron chi connectivity index (χ2n) is 2.43. The monoisotopic (exact) mass is 146 g/mol. The predicted octanol–water partition coefficient (Wildman–Crippen LogP) is 0.250. The van der Waals surface area contributed by atoms with Crippen molar-refractivity contribution in [1.29, 1.82) is 0 Å². The molecule has 0 aromatic heterocycles. The summed E-state index contributed by atoms with van der Waals surface area (Å²) in [5.74, 6) is -0.0616. The van der Waals surface area contributed by atoms with Gasteiger partial charge in [0.15, 0.2) is 0 Å². The summed E-state index contributed by atoms with van der Waals surface area (Å²) in [6.45, 7) is 4.51. The van der Waals surface area contributed by atoms with E-state index >= 15 is 0 Å². The van der Waals surface area contributed by atoms with Gasteiger partial charge in [0.1, 0.15) is 0 Å². The summed E-state index contributed by atoms with van der Waals surface area (Å²) in [5.41, 5.74) is 5.31. The zero-order valence-corrected chi connectivity index (χ0v) is 6.68. The molecule has 3 heteroatoms. The molecule has 0 unspecified atom stereocenters. The smallest absolute Gasteiger partial charge is 0.236 e. The number of rotatable bonds is 4. The molecular formula is C7H16N2O. The van der Waals surface area contributed by atoms with Crippen LogP contribution in [0.5, 0.6) is 0 Å². The molecule has 0 heterocycles. The van der Waals surface area contributed by atoms with Crippen LogP contribution in [0, 0.1) is 0 Å². The molecule has 3 nitrogen and oxygen atoms in total. The molecule has 60 valence electrons. The molecule has 10 heavy (non-hydrogen) atoms. The number of carbonyl (C=O) groups is 1. The lowest BCUT2D eigenvalue weighted by molar-refractivity contribution is -0.121. The van der Waals surface area contributed by atoms with Gasteiger partial charge < -0.3 is 11.1 Å². The van der Waals surface area contributed by atoms with Crippen molar-refractivity contribution in [2.24, 2.45) is 5.73 Å². The minimum atomic E-state index is -0.378. The van der Waals surface area contributed by atoms with Gasteiger partial charge in [-0.15, -0.1) is 0 Å². The Morgan fingerprint density at radius 1 is 1.70 bits per heavy atom. The molecule has 0 aliphatic rings. The first kappa shape index (κ1) is 9.43. The molecule has 0 aliphatic heterocycles. The van der Waals surface area contributed by atoms with Crippen LogP contribution in [0.25, 0.3) is 0 Å². The highest BCUT2D eigenvalue weighted by Gasteiger charge is 2.03. The van der Waals surface area contributed by atoms with E-state index in [1.807, 2.05) is 0 Å². The quantitative estimate of drug-likeness (QED) is 0.441. The largest absolute Gasteiger partial charge is 0.355 e. The molecule has 0 aromatic carbocycles. The van der Waals surface area contributed by atoms with Crippen molar-refractivity contribution in [1.82, 2.24) is 5.32 Å². The molecule has 0 saturated carbocycles. The maximum atomic E-state index is 10.8. The summed E-state index contributed by atoms with van der Waals surface area (Å²) >= 11 is 0. The molecule has 3 N–H and O–H groups in total. The molecule has 1 amide bonds. The van der Waals surface area contributed by atoms with Crippen molar-refractivity contribution in [2.45, 2.75) is 32.7 Å². The van der Waals surface area contributed by atoms with Gasteiger partial charge in [0, 0.05) is 6.54 Å². The highest BCUT2D eigenvalue weighted by Crippen LogP contribution is 1.83. The minimum Gasteiger partial charge on any atom is -0.355 e. The molecule has 0 aliphatic carbocycles. The molecule has 0 fully saturated rings. The van der Waals surface area contributed by atoms with Crippen LogP contribution in [-0.4, -0.2) is 18.5 Å². The van der Waals surface area contributed by atoms with E-state index in [-0.39, 0.29) is 11.9 Å². The van der Waals surface area contributed by atoms with Crippen LogP contribution >= 0.6 is 0 Å². The van der Waals surface area contributed by atoms with Gasteiger partial charge in [-0.05, 0) is 13.3 Å². The van der Waals surface area contributed by atoms with E-state index < -0.39 is 0 Å². The van der Waals surface area contributed by atoms with Crippen LogP contribution in [0.3, 0.4) is 0 Å². The van der Waals surface area contributed by atoms with Gasteiger partial charge >= 0.3 is 0 Å². The average molecular weight is 146 g/mol. The summed E-state index contributed by atoms with van der Waals surface area (Å²) in [6.07, 6.45) is 2.12. The average Bonchev–Trinajstić information content (AvgIpc) is 1.88. The fourth-order valence-electron chi connectivity index (χ4n) is 0.549. The van der Waals surface area contributed by atoms with E-state index in [2.05, 4.69) is 12.2 Å². The predicted molar refractivity (Wildman–Crippen MR) is 41.6 cm³/mol. The fraction of sp³-hybridized carbons (Fsp3) is 0.857. The molecule has 1 atom stereocenters. The summed E-state index contributed by atoms with van der Waals surface area (Å²) in [6, 6.07) is -0.378. The number of unbranched alkanes of at least 4 members (excludes halogenated alkanes) is 1. The van der Waals surface area contributed by atoms with E-state index in [4.69, 9.17) is 5.73 Å². The third kappa shape index (κ3) is 4.32. The third-order valence-corrected chi connectivity index (χ3v) is 1.24. The second kappa shape index (κ2) is 5.23. The van der Waals surface area contributed by atoms with E-state index in [1.54, 1.807) is 6.92 Å². The zero-order chi connectivity index (χ0) is 7.98. The van der Waals surface area contributed by atoms with Crippen molar-refractivity contribution in [3.05, 3.63) is 0 Å². The van der Waals surface area contributed by atoms with Crippen molar-refractivity contribution in [3.63, 3.8) is 0 Å². The summed E-state index contributed by atoms with van der Waals surface area (Å²) in [4.78, 5) is 10.8. The van der Waals surface area contributed by atoms with Crippen molar-refractivity contribution in [3.8, 4) is 0 Å². The highest BCUT2D eigenvalue weighted by molar-refractivity contribution is 5.80. The van der Waals surface area contributed by atoms with Gasteiger partial charge in [-0.1, -0.05) is 13.3 Å². The van der Waals surface area contributed by atoms with E-state index in [1.165, 1.54) is 0 Å². The van der Waals surface area contributed by atoms with Crippen LogP contribution in [0.4, 0.5) is 0 Å². The third-order valence-electron chi connectivity index (χ3n) is 1.24. The van der Waals surface area contributed by atoms with Gasteiger partial charge in [-0.2, -0.15) is 0 Å². The SMILES string of the molecule is CCCCNC(=[18O])[C@H](C)N. The molecule has 0 aromatic rings. The fourth-order valence-corrected chi connectivity index (χ4v) is 0.549. The molecule has 0 spiro atoms. The maximum absolute atomic E-state index is 10.8. The van der Waals surface area contributed by atoms with Crippen LogP contribution in [0.2, 0.25) is 0 Å². The first-order valence-electron chi connectivity index (χ1n) is 3.71. The Kier molecular flexibility index (Phi) is 4.94. The Labute approximate surface area is 62.0 Å². The van der Waals surface area contributed by atoms with Gasteiger partial charge in [-0.25, -0.2) is 0 Å².